The molecule has 1 aliphatic heterocycles. The number of nitrogens with one attached hydrogen (secondary N) is 3. The van der Waals surface area contributed by atoms with Gasteiger partial charge >= 0.3 is 0 Å². The van der Waals surface area contributed by atoms with Crippen molar-refractivity contribution >= 4 is 22.8 Å². The summed E-state index contributed by atoms with van der Waals surface area (Å²) >= 11 is 0. The number of aromatic nitrogens is 4. The normalized spacial score (nSPS) is 14.4. The zero-order chi connectivity index (χ0) is 21.0. The number of rotatable bonds is 5. The molecular formula is C23H22N8. The highest BCUT2D eigenvalue weighted by molar-refractivity contribution is 5.84. The Kier molecular flexibility index (Phi) is 5.27. The van der Waals surface area contributed by atoms with Gasteiger partial charge in [-0.25, -0.2) is 15.0 Å². The molecule has 3 aromatic heterocycles. The Bertz CT molecular complexity index is 1250. The lowest BCUT2D eigenvalue weighted by molar-refractivity contribution is 0.233. The van der Waals surface area contributed by atoms with E-state index >= 15 is 0 Å². The predicted molar refractivity (Wildman–Crippen MR) is 120 cm³/mol. The lowest BCUT2D eigenvalue weighted by Crippen LogP contribution is -2.42. The number of H-pyrrole nitrogens is 1. The van der Waals surface area contributed by atoms with Crippen LogP contribution >= 0.6 is 0 Å². The molecule has 0 unspecified atom stereocenters. The van der Waals surface area contributed by atoms with Gasteiger partial charge in [-0.3, -0.25) is 4.90 Å². The van der Waals surface area contributed by atoms with Crippen LogP contribution in [0.2, 0.25) is 0 Å². The first kappa shape index (κ1) is 19.2. The minimum atomic E-state index is 0.399. The Morgan fingerprint density at radius 3 is 2.71 bits per heavy atom. The molecule has 0 aliphatic carbocycles. The van der Waals surface area contributed by atoms with Gasteiger partial charge in [-0.1, -0.05) is 6.07 Å². The number of fused-ring (bicyclic) bond motifs is 1. The van der Waals surface area contributed by atoms with E-state index in [1.807, 2.05) is 30.5 Å². The summed E-state index contributed by atoms with van der Waals surface area (Å²) in [6.07, 6.45) is 3.48. The van der Waals surface area contributed by atoms with Crippen LogP contribution in [-0.2, 0) is 6.54 Å². The Morgan fingerprint density at radius 1 is 1.00 bits per heavy atom. The highest BCUT2D eigenvalue weighted by atomic mass is 15.2. The molecule has 0 saturated carbocycles. The second-order valence-corrected chi connectivity index (χ2v) is 7.56. The molecule has 4 aromatic rings. The average Bonchev–Trinajstić information content (AvgIpc) is 3.21. The third-order valence-electron chi connectivity index (χ3n) is 5.38. The molecule has 1 fully saturated rings. The number of aromatic amines is 1. The Labute approximate surface area is 180 Å². The number of piperazine rings is 1. The molecule has 0 radical (unpaired) electrons. The molecule has 0 amide bonds. The van der Waals surface area contributed by atoms with E-state index in [1.165, 1.54) is 5.56 Å². The summed E-state index contributed by atoms with van der Waals surface area (Å²) in [5.74, 6) is 1.41. The van der Waals surface area contributed by atoms with Crippen molar-refractivity contribution in [3.8, 4) is 17.2 Å². The van der Waals surface area contributed by atoms with Crippen molar-refractivity contribution in [1.29, 1.82) is 5.26 Å². The monoisotopic (exact) mass is 410 g/mol. The largest absolute Gasteiger partial charge is 0.324 e. The Hall–Kier alpha value is -3.80. The summed E-state index contributed by atoms with van der Waals surface area (Å²) in [4.78, 5) is 18.9. The second-order valence-electron chi connectivity index (χ2n) is 7.56. The number of nitriles is 1. The summed E-state index contributed by atoms with van der Waals surface area (Å²) < 4.78 is 0. The van der Waals surface area contributed by atoms with Crippen LogP contribution in [0, 0.1) is 11.3 Å². The fraction of sp³-hybridized carbons (Fsp3) is 0.217. The molecule has 0 atom stereocenters. The SMILES string of the molecule is N#Cc1cc(-c2ccc3nc(Nc4cc(CN5CCNCC5)ccn4)[nH]c3c2)ccn1. The lowest BCUT2D eigenvalue weighted by Gasteiger charge is -2.27. The third kappa shape index (κ3) is 4.38. The van der Waals surface area contributed by atoms with Gasteiger partial charge in [-0.15, -0.1) is 0 Å². The number of benzene rings is 1. The van der Waals surface area contributed by atoms with Gasteiger partial charge in [0.25, 0.3) is 0 Å². The molecule has 8 nitrogen and oxygen atoms in total. The number of hydrogen-bond donors (Lipinski definition) is 3. The van der Waals surface area contributed by atoms with Crippen molar-refractivity contribution < 1.29 is 0 Å². The maximum atomic E-state index is 9.09. The third-order valence-corrected chi connectivity index (χ3v) is 5.38. The van der Waals surface area contributed by atoms with Gasteiger partial charge in [0.1, 0.15) is 17.6 Å². The van der Waals surface area contributed by atoms with Crippen molar-refractivity contribution in [3.63, 3.8) is 0 Å². The molecular weight excluding hydrogens is 388 g/mol. The lowest BCUT2D eigenvalue weighted by atomic mass is 10.1. The molecule has 1 aromatic carbocycles. The standard InChI is InChI=1S/C23H22N8/c24-14-19-12-18(4-6-26-19)17-1-2-20-21(13-17)29-23(28-20)30-22-11-16(3-5-27-22)15-31-9-7-25-8-10-31/h1-6,11-13,25H,7-10,15H2,(H2,27,28,29,30). The molecule has 0 bridgehead atoms. The van der Waals surface area contributed by atoms with Crippen LogP contribution in [0.4, 0.5) is 11.8 Å². The Balaban J connectivity index is 1.35. The molecule has 154 valence electrons. The minimum Gasteiger partial charge on any atom is -0.324 e. The Morgan fingerprint density at radius 2 is 1.84 bits per heavy atom. The zero-order valence-electron chi connectivity index (χ0n) is 17.0. The van der Waals surface area contributed by atoms with Gasteiger partial charge in [0.15, 0.2) is 0 Å². The van der Waals surface area contributed by atoms with Crippen molar-refractivity contribution in [3.05, 3.63) is 66.1 Å². The molecule has 5 rings (SSSR count). The van der Waals surface area contributed by atoms with E-state index in [1.54, 1.807) is 12.3 Å². The second kappa shape index (κ2) is 8.52. The van der Waals surface area contributed by atoms with Crippen LogP contribution in [0.5, 0.6) is 0 Å². The zero-order valence-corrected chi connectivity index (χ0v) is 17.0. The maximum Gasteiger partial charge on any atom is 0.206 e. The van der Waals surface area contributed by atoms with Crippen LogP contribution < -0.4 is 10.6 Å². The first-order valence-corrected chi connectivity index (χ1v) is 10.3. The smallest absolute Gasteiger partial charge is 0.206 e. The molecule has 3 N–H and O–H groups in total. The van der Waals surface area contributed by atoms with Gasteiger partial charge in [0, 0.05) is 45.1 Å². The topological polar surface area (TPSA) is 106 Å². The highest BCUT2D eigenvalue weighted by Gasteiger charge is 2.11. The number of anilines is 2. The van der Waals surface area contributed by atoms with Crippen molar-refractivity contribution in [1.82, 2.24) is 30.2 Å². The molecule has 1 aliphatic rings. The van der Waals surface area contributed by atoms with E-state index in [-0.39, 0.29) is 0 Å². The quantitative estimate of drug-likeness (QED) is 0.464. The first-order chi connectivity index (χ1) is 15.3. The van der Waals surface area contributed by atoms with E-state index in [4.69, 9.17) is 5.26 Å². The van der Waals surface area contributed by atoms with E-state index in [0.717, 1.165) is 60.7 Å². The van der Waals surface area contributed by atoms with E-state index in [9.17, 15) is 0 Å². The molecule has 1 saturated heterocycles. The molecule has 0 spiro atoms. The van der Waals surface area contributed by atoms with E-state index < -0.39 is 0 Å². The van der Waals surface area contributed by atoms with Gasteiger partial charge in [-0.2, -0.15) is 5.26 Å². The molecule has 31 heavy (non-hydrogen) atoms. The van der Waals surface area contributed by atoms with Crippen LogP contribution in [0.25, 0.3) is 22.2 Å². The van der Waals surface area contributed by atoms with Gasteiger partial charge in [0.2, 0.25) is 5.95 Å². The van der Waals surface area contributed by atoms with Crippen molar-refractivity contribution in [2.75, 3.05) is 31.5 Å². The first-order valence-electron chi connectivity index (χ1n) is 10.3. The van der Waals surface area contributed by atoms with E-state index in [2.05, 4.69) is 53.7 Å². The fourth-order valence-corrected chi connectivity index (χ4v) is 3.81. The predicted octanol–water partition coefficient (Wildman–Crippen LogP) is 3.04. The number of nitrogens with zero attached hydrogens (tertiary/aromatic N) is 5. The van der Waals surface area contributed by atoms with Crippen LogP contribution in [-0.4, -0.2) is 51.0 Å². The summed E-state index contributed by atoms with van der Waals surface area (Å²) in [7, 11) is 0. The maximum absolute atomic E-state index is 9.09. The number of imidazole rings is 1. The summed E-state index contributed by atoms with van der Waals surface area (Å²) in [5.41, 5.74) is 5.34. The van der Waals surface area contributed by atoms with Crippen LogP contribution in [0.1, 0.15) is 11.3 Å². The molecule has 8 heteroatoms. The number of hydrogen-bond acceptors (Lipinski definition) is 7. The van der Waals surface area contributed by atoms with Gasteiger partial charge in [-0.05, 0) is 53.1 Å². The van der Waals surface area contributed by atoms with Gasteiger partial charge in [0.05, 0.1) is 11.0 Å². The number of pyridine rings is 2. The van der Waals surface area contributed by atoms with Crippen LogP contribution in [0.3, 0.4) is 0 Å². The summed E-state index contributed by atoms with van der Waals surface area (Å²) in [6.45, 7) is 5.11. The van der Waals surface area contributed by atoms with Crippen LogP contribution in [0.15, 0.2) is 54.9 Å². The summed E-state index contributed by atoms with van der Waals surface area (Å²) in [5, 5.41) is 15.8. The average molecular weight is 410 g/mol. The fourth-order valence-electron chi connectivity index (χ4n) is 3.81. The van der Waals surface area contributed by atoms with Crippen molar-refractivity contribution in [2.45, 2.75) is 6.54 Å². The molecule has 4 heterocycles. The summed E-state index contributed by atoms with van der Waals surface area (Å²) in [6, 6.07) is 15.9. The minimum absolute atomic E-state index is 0.399. The van der Waals surface area contributed by atoms with E-state index in [0.29, 0.717) is 11.6 Å². The van der Waals surface area contributed by atoms with Crippen molar-refractivity contribution in [2.24, 2.45) is 0 Å². The van der Waals surface area contributed by atoms with Gasteiger partial charge < -0.3 is 15.6 Å². The highest BCUT2D eigenvalue weighted by Crippen LogP contribution is 2.25.